The van der Waals surface area contributed by atoms with E-state index < -0.39 is 33.7 Å². The van der Waals surface area contributed by atoms with Crippen molar-refractivity contribution < 1.29 is 27.3 Å². The Morgan fingerprint density at radius 3 is 2.32 bits per heavy atom. The fourth-order valence-electron chi connectivity index (χ4n) is 1.89. The molecule has 114 valence electrons. The van der Waals surface area contributed by atoms with Gasteiger partial charge in [-0.1, -0.05) is 6.07 Å². The predicted octanol–water partition coefficient (Wildman–Crippen LogP) is 4.23. The number of aldehydes is 1. The van der Waals surface area contributed by atoms with Gasteiger partial charge in [-0.3, -0.25) is 14.9 Å². The molecule has 22 heavy (non-hydrogen) atoms. The van der Waals surface area contributed by atoms with Crippen LogP contribution in [0.25, 0.3) is 11.1 Å². The molecule has 0 N–H and O–H groups in total. The second-order valence-corrected chi connectivity index (χ2v) is 4.34. The fraction of sp³-hybridized carbons (Fsp3) is 0.0714. The molecular weight excluding hydrogens is 306 g/mol. The summed E-state index contributed by atoms with van der Waals surface area (Å²) in [6.07, 6.45) is -4.43. The molecule has 0 saturated carbocycles. The number of rotatable bonds is 3. The van der Waals surface area contributed by atoms with Crippen molar-refractivity contribution in [1.29, 1.82) is 0 Å². The average Bonchev–Trinajstić information content (AvgIpc) is 2.45. The second kappa shape index (κ2) is 5.55. The Hall–Kier alpha value is -2.77. The summed E-state index contributed by atoms with van der Waals surface area (Å²) in [4.78, 5) is 20.7. The summed E-state index contributed by atoms with van der Waals surface area (Å²) in [5.41, 5.74) is -2.49. The summed E-state index contributed by atoms with van der Waals surface area (Å²) < 4.78 is 51.7. The summed E-state index contributed by atoms with van der Waals surface area (Å²) in [5.74, 6) is -0.957. The highest BCUT2D eigenvalue weighted by Crippen LogP contribution is 2.34. The zero-order chi connectivity index (χ0) is 16.5. The van der Waals surface area contributed by atoms with E-state index in [1.807, 2.05) is 0 Å². The first-order valence-corrected chi connectivity index (χ1v) is 5.85. The van der Waals surface area contributed by atoms with Crippen LogP contribution in [0.5, 0.6) is 0 Å². The van der Waals surface area contributed by atoms with Gasteiger partial charge in [0.05, 0.1) is 16.1 Å². The van der Waals surface area contributed by atoms with Gasteiger partial charge in [0.2, 0.25) is 0 Å². The lowest BCUT2D eigenvalue weighted by Gasteiger charge is -2.10. The van der Waals surface area contributed by atoms with E-state index in [2.05, 4.69) is 0 Å². The highest BCUT2D eigenvalue weighted by molar-refractivity contribution is 5.84. The minimum atomic E-state index is -4.67. The zero-order valence-corrected chi connectivity index (χ0v) is 10.7. The van der Waals surface area contributed by atoms with Crippen LogP contribution in [0.1, 0.15) is 15.9 Å². The molecule has 0 aliphatic heterocycles. The smallest absolute Gasteiger partial charge is 0.298 e. The van der Waals surface area contributed by atoms with Crippen LogP contribution in [-0.4, -0.2) is 11.2 Å². The van der Waals surface area contributed by atoms with Crippen LogP contribution in [0.3, 0.4) is 0 Å². The first-order valence-electron chi connectivity index (χ1n) is 5.85. The quantitative estimate of drug-likeness (QED) is 0.369. The van der Waals surface area contributed by atoms with Gasteiger partial charge >= 0.3 is 6.18 Å². The monoisotopic (exact) mass is 313 g/mol. The van der Waals surface area contributed by atoms with Crippen LogP contribution in [0.2, 0.25) is 0 Å². The van der Waals surface area contributed by atoms with Crippen LogP contribution in [0.15, 0.2) is 36.4 Å². The van der Waals surface area contributed by atoms with Crippen molar-refractivity contribution in [2.45, 2.75) is 6.18 Å². The lowest BCUT2D eigenvalue weighted by atomic mass is 10.00. The molecule has 0 saturated heterocycles. The van der Waals surface area contributed by atoms with E-state index in [4.69, 9.17) is 0 Å². The highest BCUT2D eigenvalue weighted by atomic mass is 19.4. The molecule has 8 heteroatoms. The van der Waals surface area contributed by atoms with E-state index in [-0.39, 0.29) is 17.4 Å². The SMILES string of the molecule is O=Cc1ccc(-c2cc(C(F)(F)F)ccc2F)cc1[N+](=O)[O-]. The number of nitrogens with zero attached hydrogens (tertiary/aromatic N) is 1. The maximum absolute atomic E-state index is 13.8. The van der Waals surface area contributed by atoms with Crippen molar-refractivity contribution in [2.24, 2.45) is 0 Å². The summed E-state index contributed by atoms with van der Waals surface area (Å²) >= 11 is 0. The Bertz CT molecular complexity index is 756. The predicted molar refractivity (Wildman–Crippen MR) is 68.9 cm³/mol. The van der Waals surface area contributed by atoms with Crippen LogP contribution >= 0.6 is 0 Å². The van der Waals surface area contributed by atoms with E-state index in [1.54, 1.807) is 0 Å². The molecule has 0 amide bonds. The largest absolute Gasteiger partial charge is 0.416 e. The van der Waals surface area contributed by atoms with Crippen LogP contribution in [0.4, 0.5) is 23.2 Å². The average molecular weight is 313 g/mol. The molecule has 0 aliphatic carbocycles. The van der Waals surface area contributed by atoms with E-state index in [1.165, 1.54) is 0 Å². The minimum Gasteiger partial charge on any atom is -0.298 e. The van der Waals surface area contributed by atoms with Crippen molar-refractivity contribution in [1.82, 2.24) is 0 Å². The number of nitro groups is 1. The van der Waals surface area contributed by atoms with Gasteiger partial charge < -0.3 is 0 Å². The highest BCUT2D eigenvalue weighted by Gasteiger charge is 2.31. The maximum Gasteiger partial charge on any atom is 0.416 e. The molecule has 0 unspecified atom stereocenters. The molecule has 0 spiro atoms. The molecule has 0 aromatic heterocycles. The summed E-state index contributed by atoms with van der Waals surface area (Å²) in [6.45, 7) is 0. The van der Waals surface area contributed by atoms with Gasteiger partial charge in [0, 0.05) is 11.6 Å². The standard InChI is InChI=1S/C14H7F4NO3/c15-12-4-3-10(14(16,17)18)6-11(12)8-1-2-9(7-20)13(5-8)19(21)22/h1-7H. The lowest BCUT2D eigenvalue weighted by Crippen LogP contribution is -2.05. The molecule has 0 aliphatic rings. The van der Waals surface area contributed by atoms with E-state index in [0.717, 1.165) is 18.2 Å². The van der Waals surface area contributed by atoms with Gasteiger partial charge in [-0.2, -0.15) is 13.2 Å². The Labute approximate surface area is 121 Å². The third-order valence-corrected chi connectivity index (χ3v) is 2.96. The zero-order valence-electron chi connectivity index (χ0n) is 10.7. The first kappa shape index (κ1) is 15.6. The van der Waals surface area contributed by atoms with Crippen molar-refractivity contribution in [3.05, 3.63) is 63.5 Å². The lowest BCUT2D eigenvalue weighted by molar-refractivity contribution is -0.385. The van der Waals surface area contributed by atoms with E-state index >= 15 is 0 Å². The summed E-state index contributed by atoms with van der Waals surface area (Å²) in [5, 5.41) is 10.8. The minimum absolute atomic E-state index is 0.124. The Morgan fingerprint density at radius 1 is 1.09 bits per heavy atom. The number of alkyl halides is 3. The fourth-order valence-corrected chi connectivity index (χ4v) is 1.89. The van der Waals surface area contributed by atoms with Gasteiger partial charge in [-0.05, 0) is 29.8 Å². The molecule has 0 radical (unpaired) electrons. The molecule has 2 aromatic rings. The molecule has 4 nitrogen and oxygen atoms in total. The number of hydrogen-bond donors (Lipinski definition) is 0. The van der Waals surface area contributed by atoms with Crippen molar-refractivity contribution >= 4 is 12.0 Å². The van der Waals surface area contributed by atoms with Gasteiger partial charge in [0.1, 0.15) is 5.82 Å². The number of benzene rings is 2. The van der Waals surface area contributed by atoms with Crippen LogP contribution < -0.4 is 0 Å². The topological polar surface area (TPSA) is 60.2 Å². The third kappa shape index (κ3) is 2.95. The van der Waals surface area contributed by atoms with Crippen LogP contribution in [-0.2, 0) is 6.18 Å². The summed E-state index contributed by atoms with van der Waals surface area (Å²) in [7, 11) is 0. The first-order chi connectivity index (χ1) is 10.2. The Morgan fingerprint density at radius 2 is 1.77 bits per heavy atom. The van der Waals surface area contributed by atoms with Crippen molar-refractivity contribution in [3.63, 3.8) is 0 Å². The van der Waals surface area contributed by atoms with Gasteiger partial charge in [-0.25, -0.2) is 4.39 Å². The normalized spacial score (nSPS) is 11.3. The number of nitro benzene ring substituents is 1. The van der Waals surface area contributed by atoms with Gasteiger partial charge in [0.15, 0.2) is 6.29 Å². The maximum atomic E-state index is 13.8. The number of carbonyl (C=O) groups is 1. The molecule has 2 aromatic carbocycles. The van der Waals surface area contributed by atoms with E-state index in [0.29, 0.717) is 18.2 Å². The van der Waals surface area contributed by atoms with Gasteiger partial charge in [0.25, 0.3) is 5.69 Å². The second-order valence-electron chi connectivity index (χ2n) is 4.34. The van der Waals surface area contributed by atoms with Crippen molar-refractivity contribution in [3.8, 4) is 11.1 Å². The molecule has 0 heterocycles. The summed E-state index contributed by atoms with van der Waals surface area (Å²) in [6, 6.07) is 4.84. The van der Waals surface area contributed by atoms with Crippen LogP contribution in [0, 0.1) is 15.9 Å². The molecule has 2 rings (SSSR count). The third-order valence-electron chi connectivity index (χ3n) is 2.96. The molecule has 0 atom stereocenters. The van der Waals surface area contributed by atoms with Gasteiger partial charge in [-0.15, -0.1) is 0 Å². The Kier molecular flexibility index (Phi) is 3.94. The number of halogens is 4. The molecular formula is C14H7F4NO3. The number of hydrogen-bond acceptors (Lipinski definition) is 3. The van der Waals surface area contributed by atoms with E-state index in [9.17, 15) is 32.5 Å². The Balaban J connectivity index is 2.64. The molecule has 0 bridgehead atoms. The molecule has 0 fully saturated rings. The van der Waals surface area contributed by atoms with Crippen molar-refractivity contribution in [2.75, 3.05) is 0 Å². The number of carbonyl (C=O) groups excluding carboxylic acids is 1.